The fourth-order valence-electron chi connectivity index (χ4n) is 3.07. The molecule has 2 aromatic carbocycles. The van der Waals surface area contributed by atoms with E-state index in [0.29, 0.717) is 39.2 Å². The molecule has 0 spiro atoms. The molecule has 1 heterocycles. The van der Waals surface area contributed by atoms with Crippen molar-refractivity contribution in [2.45, 2.75) is 13.3 Å². The maximum atomic E-state index is 12.6. The molecule has 0 N–H and O–H groups in total. The number of carbonyl (C=O) groups is 2. The summed E-state index contributed by atoms with van der Waals surface area (Å²) in [6, 6.07) is 17.1. The molecule has 3 rings (SSSR count). The fraction of sp³-hybridized carbons (Fsp3) is 0.333. The number of piperazine rings is 1. The summed E-state index contributed by atoms with van der Waals surface area (Å²) in [5.74, 6) is 0.889. The molecule has 1 saturated heterocycles. The van der Waals surface area contributed by atoms with Crippen LogP contribution in [0.5, 0.6) is 5.75 Å². The second kappa shape index (κ2) is 8.52. The zero-order valence-electron chi connectivity index (χ0n) is 15.1. The lowest BCUT2D eigenvalue weighted by Gasteiger charge is -2.35. The van der Waals surface area contributed by atoms with Crippen molar-refractivity contribution in [1.29, 1.82) is 0 Å². The van der Waals surface area contributed by atoms with Crippen molar-refractivity contribution in [2.24, 2.45) is 0 Å². The van der Waals surface area contributed by atoms with Gasteiger partial charge < -0.3 is 14.5 Å². The number of nitrogens with zero attached hydrogens (tertiary/aromatic N) is 2. The van der Waals surface area contributed by atoms with E-state index in [4.69, 9.17) is 4.74 Å². The molecule has 5 nitrogen and oxygen atoms in total. The zero-order valence-corrected chi connectivity index (χ0v) is 15.1. The Bertz CT molecular complexity index is 753. The first-order valence-electron chi connectivity index (χ1n) is 8.95. The van der Waals surface area contributed by atoms with Gasteiger partial charge in [-0.2, -0.15) is 0 Å². The molecule has 1 aliphatic heterocycles. The van der Waals surface area contributed by atoms with Gasteiger partial charge in [-0.3, -0.25) is 9.59 Å². The molecule has 0 aliphatic carbocycles. The van der Waals surface area contributed by atoms with Crippen LogP contribution in [0.15, 0.2) is 54.6 Å². The van der Waals surface area contributed by atoms with Gasteiger partial charge in [-0.25, -0.2) is 0 Å². The Hall–Kier alpha value is -2.82. The van der Waals surface area contributed by atoms with Crippen LogP contribution in [0.4, 0.5) is 0 Å². The van der Waals surface area contributed by atoms with Crippen LogP contribution < -0.4 is 4.74 Å². The average molecular weight is 352 g/mol. The lowest BCUT2D eigenvalue weighted by atomic mass is 10.1. The average Bonchev–Trinajstić information content (AvgIpc) is 2.69. The minimum absolute atomic E-state index is 0.0441. The molecule has 2 amide bonds. The third kappa shape index (κ3) is 4.42. The Kier molecular flexibility index (Phi) is 5.89. The van der Waals surface area contributed by atoms with Crippen molar-refractivity contribution in [3.63, 3.8) is 0 Å². The van der Waals surface area contributed by atoms with Gasteiger partial charge in [-0.1, -0.05) is 36.4 Å². The van der Waals surface area contributed by atoms with E-state index in [1.165, 1.54) is 0 Å². The summed E-state index contributed by atoms with van der Waals surface area (Å²) in [6.07, 6.45) is 0.348. The van der Waals surface area contributed by atoms with Gasteiger partial charge in [0.2, 0.25) is 5.91 Å². The number of benzene rings is 2. The highest BCUT2D eigenvalue weighted by atomic mass is 16.5. The monoisotopic (exact) mass is 352 g/mol. The predicted octanol–water partition coefficient (Wildman–Crippen LogP) is 2.75. The standard InChI is InChI=1S/C21H24N2O3/c1-17-7-5-6-10-19(17)21(25)23-14-12-22(13-15-23)20(24)11-16-26-18-8-3-2-4-9-18/h2-10H,11-16H2,1H3. The Morgan fingerprint density at radius 1 is 0.885 bits per heavy atom. The zero-order chi connectivity index (χ0) is 18.4. The maximum Gasteiger partial charge on any atom is 0.254 e. The number of carbonyl (C=O) groups excluding carboxylic acids is 2. The SMILES string of the molecule is Cc1ccccc1C(=O)N1CCN(C(=O)CCOc2ccccc2)CC1. The van der Waals surface area contributed by atoms with E-state index in [0.717, 1.165) is 16.9 Å². The molecule has 2 aromatic rings. The highest BCUT2D eigenvalue weighted by molar-refractivity contribution is 5.95. The highest BCUT2D eigenvalue weighted by Crippen LogP contribution is 2.14. The molecule has 26 heavy (non-hydrogen) atoms. The molecule has 0 aromatic heterocycles. The summed E-state index contributed by atoms with van der Waals surface area (Å²) < 4.78 is 5.59. The summed E-state index contributed by atoms with van der Waals surface area (Å²) in [6.45, 7) is 4.59. The largest absolute Gasteiger partial charge is 0.493 e. The third-order valence-corrected chi connectivity index (χ3v) is 4.62. The van der Waals surface area contributed by atoms with Crippen molar-refractivity contribution in [1.82, 2.24) is 9.80 Å². The maximum absolute atomic E-state index is 12.6. The lowest BCUT2D eigenvalue weighted by molar-refractivity contribution is -0.133. The smallest absolute Gasteiger partial charge is 0.254 e. The molecule has 1 aliphatic rings. The number of amides is 2. The van der Waals surface area contributed by atoms with Gasteiger partial charge in [0.15, 0.2) is 0 Å². The number of para-hydroxylation sites is 1. The van der Waals surface area contributed by atoms with Crippen molar-refractivity contribution < 1.29 is 14.3 Å². The molecule has 5 heteroatoms. The number of hydrogen-bond acceptors (Lipinski definition) is 3. The summed E-state index contributed by atoms with van der Waals surface area (Å²) >= 11 is 0. The number of aryl methyl sites for hydroxylation is 1. The van der Waals surface area contributed by atoms with Crippen LogP contribution in [0.2, 0.25) is 0 Å². The molecular weight excluding hydrogens is 328 g/mol. The van der Waals surface area contributed by atoms with Gasteiger partial charge in [0, 0.05) is 31.7 Å². The van der Waals surface area contributed by atoms with Crippen LogP contribution in [0.25, 0.3) is 0 Å². The molecular formula is C21H24N2O3. The molecule has 0 radical (unpaired) electrons. The van der Waals surface area contributed by atoms with Crippen LogP contribution in [0, 0.1) is 6.92 Å². The summed E-state index contributed by atoms with van der Waals surface area (Å²) in [7, 11) is 0. The van der Waals surface area contributed by atoms with Crippen LogP contribution in [0.3, 0.4) is 0 Å². The van der Waals surface area contributed by atoms with E-state index >= 15 is 0 Å². The van der Waals surface area contributed by atoms with E-state index in [-0.39, 0.29) is 11.8 Å². The van der Waals surface area contributed by atoms with Crippen molar-refractivity contribution >= 4 is 11.8 Å². The molecule has 0 bridgehead atoms. The highest BCUT2D eigenvalue weighted by Gasteiger charge is 2.25. The van der Waals surface area contributed by atoms with Crippen LogP contribution in [-0.2, 0) is 4.79 Å². The Balaban J connectivity index is 1.45. The van der Waals surface area contributed by atoms with Gasteiger partial charge in [0.25, 0.3) is 5.91 Å². The van der Waals surface area contributed by atoms with Crippen LogP contribution in [0.1, 0.15) is 22.3 Å². The Morgan fingerprint density at radius 3 is 2.19 bits per heavy atom. The second-order valence-corrected chi connectivity index (χ2v) is 6.40. The topological polar surface area (TPSA) is 49.9 Å². The Labute approximate surface area is 154 Å². The van der Waals surface area contributed by atoms with E-state index < -0.39 is 0 Å². The summed E-state index contributed by atoms with van der Waals surface area (Å²) in [4.78, 5) is 28.6. The quantitative estimate of drug-likeness (QED) is 0.831. The van der Waals surface area contributed by atoms with Gasteiger partial charge in [0.05, 0.1) is 13.0 Å². The number of rotatable bonds is 5. The van der Waals surface area contributed by atoms with E-state index in [1.807, 2.05) is 71.3 Å². The van der Waals surface area contributed by atoms with E-state index in [1.54, 1.807) is 0 Å². The summed E-state index contributed by atoms with van der Waals surface area (Å²) in [5, 5.41) is 0. The van der Waals surface area contributed by atoms with Crippen molar-refractivity contribution in [3.8, 4) is 5.75 Å². The Morgan fingerprint density at radius 2 is 1.50 bits per heavy atom. The van der Waals surface area contributed by atoms with Crippen LogP contribution >= 0.6 is 0 Å². The van der Waals surface area contributed by atoms with Gasteiger partial charge >= 0.3 is 0 Å². The first-order valence-corrected chi connectivity index (χ1v) is 8.95. The fourth-order valence-corrected chi connectivity index (χ4v) is 3.07. The van der Waals surface area contributed by atoms with Gasteiger partial charge in [0.1, 0.15) is 5.75 Å². The van der Waals surface area contributed by atoms with Crippen molar-refractivity contribution in [3.05, 3.63) is 65.7 Å². The lowest BCUT2D eigenvalue weighted by Crippen LogP contribution is -2.50. The predicted molar refractivity (Wildman–Crippen MR) is 100 cm³/mol. The summed E-state index contributed by atoms with van der Waals surface area (Å²) in [5.41, 5.74) is 1.72. The molecule has 0 unspecified atom stereocenters. The molecule has 1 fully saturated rings. The second-order valence-electron chi connectivity index (χ2n) is 6.40. The number of hydrogen-bond donors (Lipinski definition) is 0. The molecule has 0 saturated carbocycles. The van der Waals surface area contributed by atoms with E-state index in [9.17, 15) is 9.59 Å². The van der Waals surface area contributed by atoms with Crippen LogP contribution in [-0.4, -0.2) is 54.4 Å². The molecule has 136 valence electrons. The minimum atomic E-state index is 0.0441. The first-order chi connectivity index (χ1) is 12.6. The van der Waals surface area contributed by atoms with Gasteiger partial charge in [-0.05, 0) is 30.7 Å². The minimum Gasteiger partial charge on any atom is -0.493 e. The van der Waals surface area contributed by atoms with Gasteiger partial charge in [-0.15, -0.1) is 0 Å². The van der Waals surface area contributed by atoms with Crippen molar-refractivity contribution in [2.75, 3.05) is 32.8 Å². The normalized spacial score (nSPS) is 14.2. The molecule has 0 atom stereocenters. The third-order valence-electron chi connectivity index (χ3n) is 4.62. The van der Waals surface area contributed by atoms with E-state index in [2.05, 4.69) is 0 Å². The first kappa shape index (κ1) is 18.0. The number of ether oxygens (including phenoxy) is 1.